The Bertz CT molecular complexity index is 240. The van der Waals surface area contributed by atoms with Gasteiger partial charge < -0.3 is 10.2 Å². The summed E-state index contributed by atoms with van der Waals surface area (Å²) in [4.78, 5) is 2.01. The summed E-state index contributed by atoms with van der Waals surface area (Å²) in [6.45, 7) is 0.157. The van der Waals surface area contributed by atoms with Gasteiger partial charge in [0.15, 0.2) is 0 Å². The molecule has 1 heterocycles. The van der Waals surface area contributed by atoms with Gasteiger partial charge in [0.1, 0.15) is 0 Å². The summed E-state index contributed by atoms with van der Waals surface area (Å²) in [5.74, 6) is 0. The van der Waals surface area contributed by atoms with E-state index in [2.05, 4.69) is 0 Å². The van der Waals surface area contributed by atoms with Crippen LogP contribution in [0.1, 0.15) is 9.75 Å². The molecule has 0 unspecified atom stereocenters. The first-order valence-corrected chi connectivity index (χ1v) is 4.15. The largest absolute Gasteiger partial charge is 0.392 e. The summed E-state index contributed by atoms with van der Waals surface area (Å²) in [6, 6.07) is 3.80. The van der Waals surface area contributed by atoms with E-state index < -0.39 is 0 Å². The lowest BCUT2D eigenvalue weighted by Gasteiger charge is -1.83. The van der Waals surface area contributed by atoms with Crippen molar-refractivity contribution in [3.05, 3.63) is 28.0 Å². The Labute approximate surface area is 69.4 Å². The summed E-state index contributed by atoms with van der Waals surface area (Å²) >= 11 is 1.52. The number of rotatable bonds is 3. The van der Waals surface area contributed by atoms with Crippen molar-refractivity contribution in [2.24, 2.45) is 0 Å². The molecule has 0 aliphatic rings. The normalized spacial score (nSPS) is 11.1. The maximum atomic E-state index is 8.71. The standard InChI is InChI=1S/C8H10O2S/c9-5-1-2-7-3-4-8(6-10)11-7/h1-4,9-10H,5-6H2. The Morgan fingerprint density at radius 1 is 1.36 bits per heavy atom. The van der Waals surface area contributed by atoms with Crippen molar-refractivity contribution in [2.45, 2.75) is 6.61 Å². The van der Waals surface area contributed by atoms with E-state index in [9.17, 15) is 0 Å². The topological polar surface area (TPSA) is 40.5 Å². The molecule has 0 radical (unpaired) electrons. The molecule has 2 N–H and O–H groups in total. The Morgan fingerprint density at radius 3 is 2.73 bits per heavy atom. The van der Waals surface area contributed by atoms with Gasteiger partial charge in [0, 0.05) is 9.75 Å². The average molecular weight is 170 g/mol. The van der Waals surface area contributed by atoms with E-state index >= 15 is 0 Å². The first kappa shape index (κ1) is 8.46. The van der Waals surface area contributed by atoms with E-state index in [1.54, 1.807) is 6.08 Å². The summed E-state index contributed by atoms with van der Waals surface area (Å²) in [6.07, 6.45) is 3.51. The smallest absolute Gasteiger partial charge is 0.0774 e. The molecule has 0 aromatic carbocycles. The SMILES string of the molecule is OCC=Cc1ccc(CO)s1. The molecular formula is C8H10O2S. The van der Waals surface area contributed by atoms with Crippen LogP contribution in [0.4, 0.5) is 0 Å². The van der Waals surface area contributed by atoms with Crippen molar-refractivity contribution in [2.75, 3.05) is 6.61 Å². The van der Waals surface area contributed by atoms with Gasteiger partial charge in [0.05, 0.1) is 13.2 Å². The fourth-order valence-electron chi connectivity index (χ4n) is 0.738. The van der Waals surface area contributed by atoms with E-state index in [-0.39, 0.29) is 13.2 Å². The lowest BCUT2D eigenvalue weighted by Crippen LogP contribution is -1.70. The molecule has 1 aromatic rings. The summed E-state index contributed by atoms with van der Waals surface area (Å²) in [5.41, 5.74) is 0. The monoisotopic (exact) mass is 170 g/mol. The van der Waals surface area contributed by atoms with Crippen LogP contribution in [0.15, 0.2) is 18.2 Å². The Morgan fingerprint density at radius 2 is 2.18 bits per heavy atom. The molecule has 0 saturated heterocycles. The summed E-state index contributed by atoms with van der Waals surface area (Å²) in [5, 5.41) is 17.2. The highest BCUT2D eigenvalue weighted by atomic mass is 32.1. The first-order chi connectivity index (χ1) is 5.36. The van der Waals surface area contributed by atoms with Crippen LogP contribution in [0, 0.1) is 0 Å². The van der Waals surface area contributed by atoms with Gasteiger partial charge >= 0.3 is 0 Å². The molecule has 0 saturated carbocycles. The lowest BCUT2D eigenvalue weighted by molar-refractivity contribution is 0.285. The second-order valence-electron chi connectivity index (χ2n) is 2.05. The van der Waals surface area contributed by atoms with Gasteiger partial charge in [-0.1, -0.05) is 6.08 Å². The molecule has 0 atom stereocenters. The predicted octanol–water partition coefficient (Wildman–Crippen LogP) is 1.25. The molecule has 11 heavy (non-hydrogen) atoms. The van der Waals surface area contributed by atoms with Crippen LogP contribution in [-0.4, -0.2) is 16.8 Å². The minimum absolute atomic E-state index is 0.0619. The van der Waals surface area contributed by atoms with Crippen molar-refractivity contribution < 1.29 is 10.2 Å². The van der Waals surface area contributed by atoms with Crippen molar-refractivity contribution in [1.29, 1.82) is 0 Å². The zero-order valence-corrected chi connectivity index (χ0v) is 6.84. The fraction of sp³-hybridized carbons (Fsp3) is 0.250. The van der Waals surface area contributed by atoms with Crippen LogP contribution in [0.5, 0.6) is 0 Å². The average Bonchev–Trinajstić information content (AvgIpc) is 2.48. The highest BCUT2D eigenvalue weighted by molar-refractivity contribution is 7.12. The lowest BCUT2D eigenvalue weighted by atomic mass is 10.4. The maximum absolute atomic E-state index is 8.71. The Hall–Kier alpha value is -0.640. The molecule has 3 heteroatoms. The van der Waals surface area contributed by atoms with Gasteiger partial charge in [0.25, 0.3) is 0 Å². The molecule has 2 nitrogen and oxygen atoms in total. The number of hydrogen-bond acceptors (Lipinski definition) is 3. The van der Waals surface area contributed by atoms with Crippen LogP contribution in [0.3, 0.4) is 0 Å². The predicted molar refractivity (Wildman–Crippen MR) is 46.4 cm³/mol. The molecule has 1 rings (SSSR count). The van der Waals surface area contributed by atoms with Crippen LogP contribution >= 0.6 is 11.3 Å². The molecule has 60 valence electrons. The fourth-order valence-corrected chi connectivity index (χ4v) is 1.54. The quantitative estimate of drug-likeness (QED) is 0.716. The van der Waals surface area contributed by atoms with Crippen molar-refractivity contribution >= 4 is 17.4 Å². The first-order valence-electron chi connectivity index (χ1n) is 3.34. The third-order valence-corrected chi connectivity index (χ3v) is 2.26. The van der Waals surface area contributed by atoms with E-state index in [0.717, 1.165) is 9.75 Å². The second-order valence-corrected chi connectivity index (χ2v) is 3.25. The van der Waals surface area contributed by atoms with Gasteiger partial charge in [-0.15, -0.1) is 11.3 Å². The van der Waals surface area contributed by atoms with E-state index in [1.165, 1.54) is 11.3 Å². The van der Waals surface area contributed by atoms with Crippen LogP contribution < -0.4 is 0 Å². The number of aliphatic hydroxyl groups excluding tert-OH is 2. The van der Waals surface area contributed by atoms with Crippen LogP contribution in [0.2, 0.25) is 0 Å². The van der Waals surface area contributed by atoms with Gasteiger partial charge in [-0.25, -0.2) is 0 Å². The van der Waals surface area contributed by atoms with E-state index in [4.69, 9.17) is 10.2 Å². The van der Waals surface area contributed by atoms with Crippen LogP contribution in [-0.2, 0) is 6.61 Å². The molecule has 0 fully saturated rings. The summed E-state index contributed by atoms with van der Waals surface area (Å²) in [7, 11) is 0. The second kappa shape index (κ2) is 4.28. The zero-order valence-electron chi connectivity index (χ0n) is 6.03. The number of thiophene rings is 1. The maximum Gasteiger partial charge on any atom is 0.0774 e. The van der Waals surface area contributed by atoms with Gasteiger partial charge in [-0.05, 0) is 18.2 Å². The highest BCUT2D eigenvalue weighted by Gasteiger charge is 1.93. The Balaban J connectivity index is 2.65. The molecule has 0 aliphatic heterocycles. The van der Waals surface area contributed by atoms with E-state index in [1.807, 2.05) is 18.2 Å². The minimum Gasteiger partial charge on any atom is -0.392 e. The molecular weight excluding hydrogens is 160 g/mol. The molecule has 0 amide bonds. The van der Waals surface area contributed by atoms with E-state index in [0.29, 0.717) is 0 Å². The van der Waals surface area contributed by atoms with Gasteiger partial charge in [0.2, 0.25) is 0 Å². The third-order valence-electron chi connectivity index (χ3n) is 1.23. The van der Waals surface area contributed by atoms with Crippen molar-refractivity contribution in [1.82, 2.24) is 0 Å². The van der Waals surface area contributed by atoms with Gasteiger partial charge in [-0.3, -0.25) is 0 Å². The molecule has 0 aliphatic carbocycles. The van der Waals surface area contributed by atoms with Crippen molar-refractivity contribution in [3.8, 4) is 0 Å². The minimum atomic E-state index is 0.0619. The number of hydrogen-bond donors (Lipinski definition) is 2. The highest BCUT2D eigenvalue weighted by Crippen LogP contribution is 2.17. The van der Waals surface area contributed by atoms with Gasteiger partial charge in [-0.2, -0.15) is 0 Å². The Kier molecular flexibility index (Phi) is 3.29. The van der Waals surface area contributed by atoms with Crippen LogP contribution in [0.25, 0.3) is 6.08 Å². The molecule has 1 aromatic heterocycles. The molecule has 0 bridgehead atoms. The van der Waals surface area contributed by atoms with Crippen molar-refractivity contribution in [3.63, 3.8) is 0 Å². The zero-order chi connectivity index (χ0) is 8.10. The third kappa shape index (κ3) is 2.46. The molecule has 0 spiro atoms. The summed E-state index contributed by atoms with van der Waals surface area (Å²) < 4.78 is 0. The number of aliphatic hydroxyl groups is 2.